The average Bonchev–Trinajstić information content (AvgIpc) is 2.85. The highest BCUT2D eigenvalue weighted by molar-refractivity contribution is 5.88. The summed E-state index contributed by atoms with van der Waals surface area (Å²) >= 11 is 0. The van der Waals surface area contributed by atoms with Gasteiger partial charge in [-0.15, -0.1) is 0 Å². The normalized spacial score (nSPS) is 11.7. The first kappa shape index (κ1) is 26.9. The van der Waals surface area contributed by atoms with Crippen LogP contribution in [0.2, 0.25) is 0 Å². The molecule has 0 spiro atoms. The van der Waals surface area contributed by atoms with Crippen LogP contribution in [-0.2, 0) is 22.6 Å². The van der Waals surface area contributed by atoms with Gasteiger partial charge in [0.1, 0.15) is 17.6 Å². The zero-order valence-corrected chi connectivity index (χ0v) is 21.5. The molecule has 190 valence electrons. The number of hydrogen-bond acceptors (Lipinski definition) is 3. The van der Waals surface area contributed by atoms with Gasteiger partial charge in [0.15, 0.2) is 6.61 Å². The first-order valence-corrected chi connectivity index (χ1v) is 12.3. The van der Waals surface area contributed by atoms with E-state index >= 15 is 0 Å². The van der Waals surface area contributed by atoms with Crippen LogP contribution in [0.5, 0.6) is 5.75 Å². The van der Waals surface area contributed by atoms with Crippen molar-refractivity contribution in [3.05, 3.63) is 101 Å². The van der Waals surface area contributed by atoms with Gasteiger partial charge in [-0.05, 0) is 43.0 Å². The number of halogens is 1. The Balaban J connectivity index is 1.92. The molecule has 1 atom stereocenters. The minimum absolute atomic E-state index is 0.0473. The standard InChI is InChI=1S/C30H35FN2O3/c1-21(2)18-32-30(35)27(17-24-10-6-5-7-11-24)33(19-25-12-8-9-13-26(25)31)29(34)20-36-28-15-14-22(3)16-23(28)4/h5-16,21,27H,17-20H2,1-4H3,(H,32,35)/t27-/m0/s1. The van der Waals surface area contributed by atoms with Gasteiger partial charge in [-0.2, -0.15) is 0 Å². The minimum Gasteiger partial charge on any atom is -0.483 e. The number of hydrogen-bond donors (Lipinski definition) is 1. The number of carbonyl (C=O) groups is 2. The first-order valence-electron chi connectivity index (χ1n) is 12.3. The maximum absolute atomic E-state index is 14.6. The molecule has 1 N–H and O–H groups in total. The Kier molecular flexibility index (Phi) is 9.62. The monoisotopic (exact) mass is 490 g/mol. The average molecular weight is 491 g/mol. The molecule has 0 heterocycles. The van der Waals surface area contributed by atoms with E-state index in [9.17, 15) is 14.0 Å². The lowest BCUT2D eigenvalue weighted by molar-refractivity contribution is -0.142. The summed E-state index contributed by atoms with van der Waals surface area (Å²) in [6.45, 7) is 8.09. The largest absolute Gasteiger partial charge is 0.483 e. The van der Waals surface area contributed by atoms with Crippen molar-refractivity contribution in [3.63, 3.8) is 0 Å². The Labute approximate surface area is 213 Å². The summed E-state index contributed by atoms with van der Waals surface area (Å²) in [5.41, 5.74) is 3.26. The number of amides is 2. The smallest absolute Gasteiger partial charge is 0.261 e. The molecule has 0 saturated heterocycles. The Morgan fingerprint density at radius 1 is 0.972 bits per heavy atom. The van der Waals surface area contributed by atoms with Crippen molar-refractivity contribution in [1.29, 1.82) is 0 Å². The summed E-state index contributed by atoms with van der Waals surface area (Å²) in [6, 6.07) is 20.7. The fraction of sp³-hybridized carbons (Fsp3) is 0.333. The molecule has 0 aliphatic heterocycles. The lowest BCUT2D eigenvalue weighted by Gasteiger charge is -2.32. The molecule has 0 fully saturated rings. The third kappa shape index (κ3) is 7.67. The van der Waals surface area contributed by atoms with Crippen LogP contribution in [-0.4, -0.2) is 35.9 Å². The molecular weight excluding hydrogens is 455 g/mol. The van der Waals surface area contributed by atoms with Gasteiger partial charge in [-0.3, -0.25) is 9.59 Å². The highest BCUT2D eigenvalue weighted by Gasteiger charge is 2.31. The molecule has 36 heavy (non-hydrogen) atoms. The van der Waals surface area contributed by atoms with Gasteiger partial charge in [0, 0.05) is 25.1 Å². The quantitative estimate of drug-likeness (QED) is 0.400. The lowest BCUT2D eigenvalue weighted by atomic mass is 10.0. The number of nitrogens with one attached hydrogen (secondary N) is 1. The van der Waals surface area contributed by atoms with E-state index in [-0.39, 0.29) is 30.9 Å². The molecule has 0 aromatic heterocycles. The van der Waals surface area contributed by atoms with Crippen molar-refractivity contribution in [3.8, 4) is 5.75 Å². The molecule has 0 aliphatic rings. The van der Waals surface area contributed by atoms with Crippen molar-refractivity contribution in [1.82, 2.24) is 10.2 Å². The van der Waals surface area contributed by atoms with E-state index in [1.165, 1.54) is 11.0 Å². The van der Waals surface area contributed by atoms with Crippen LogP contribution in [0.4, 0.5) is 4.39 Å². The number of benzene rings is 3. The Bertz CT molecular complexity index is 1160. The number of carbonyl (C=O) groups excluding carboxylic acids is 2. The summed E-state index contributed by atoms with van der Waals surface area (Å²) in [5.74, 6) is -0.243. The highest BCUT2D eigenvalue weighted by Crippen LogP contribution is 2.20. The predicted octanol–water partition coefficient (Wildman–Crippen LogP) is 5.23. The van der Waals surface area contributed by atoms with Crippen LogP contribution >= 0.6 is 0 Å². The minimum atomic E-state index is -0.832. The van der Waals surface area contributed by atoms with Gasteiger partial charge in [-0.1, -0.05) is 80.1 Å². The number of nitrogens with zero attached hydrogens (tertiary/aromatic N) is 1. The number of ether oxygens (including phenoxy) is 1. The van der Waals surface area contributed by atoms with Crippen molar-refractivity contribution >= 4 is 11.8 Å². The fourth-order valence-electron chi connectivity index (χ4n) is 3.97. The Hall–Kier alpha value is -3.67. The molecule has 0 aliphatic carbocycles. The molecule has 5 nitrogen and oxygen atoms in total. The topological polar surface area (TPSA) is 58.6 Å². The molecule has 0 saturated carbocycles. The number of rotatable bonds is 11. The van der Waals surface area contributed by atoms with Gasteiger partial charge in [0.2, 0.25) is 5.91 Å². The molecule has 0 bridgehead atoms. The van der Waals surface area contributed by atoms with Crippen molar-refractivity contribution < 1.29 is 18.7 Å². The molecule has 3 aromatic rings. The molecule has 0 radical (unpaired) electrons. The van der Waals surface area contributed by atoms with Gasteiger partial charge in [0.25, 0.3) is 5.91 Å². The third-order valence-corrected chi connectivity index (χ3v) is 5.94. The van der Waals surface area contributed by atoms with E-state index in [4.69, 9.17) is 4.74 Å². The zero-order valence-electron chi connectivity index (χ0n) is 21.5. The summed E-state index contributed by atoms with van der Waals surface area (Å²) in [5, 5.41) is 2.96. The Morgan fingerprint density at radius 3 is 2.33 bits per heavy atom. The molecule has 0 unspecified atom stereocenters. The summed E-state index contributed by atoms with van der Waals surface area (Å²) in [7, 11) is 0. The molecule has 6 heteroatoms. The van der Waals surface area contributed by atoms with Crippen LogP contribution in [0.1, 0.15) is 36.1 Å². The van der Waals surface area contributed by atoms with Crippen LogP contribution < -0.4 is 10.1 Å². The van der Waals surface area contributed by atoms with E-state index < -0.39 is 11.9 Å². The zero-order chi connectivity index (χ0) is 26.1. The first-order chi connectivity index (χ1) is 17.2. The van der Waals surface area contributed by atoms with E-state index in [1.54, 1.807) is 18.2 Å². The molecule has 2 amide bonds. The van der Waals surface area contributed by atoms with Gasteiger partial charge in [0.05, 0.1) is 0 Å². The van der Waals surface area contributed by atoms with Crippen molar-refractivity contribution in [2.45, 2.75) is 46.7 Å². The van der Waals surface area contributed by atoms with Crippen molar-refractivity contribution in [2.75, 3.05) is 13.2 Å². The van der Waals surface area contributed by atoms with Crippen molar-refractivity contribution in [2.24, 2.45) is 5.92 Å². The van der Waals surface area contributed by atoms with Crippen LogP contribution in [0.15, 0.2) is 72.8 Å². The predicted molar refractivity (Wildman–Crippen MR) is 140 cm³/mol. The van der Waals surface area contributed by atoms with Crippen LogP contribution in [0.25, 0.3) is 0 Å². The molecule has 3 rings (SSSR count). The Morgan fingerprint density at radius 2 is 1.67 bits per heavy atom. The van der Waals surface area contributed by atoms with E-state index in [0.29, 0.717) is 24.3 Å². The highest BCUT2D eigenvalue weighted by atomic mass is 19.1. The van der Waals surface area contributed by atoms with E-state index in [2.05, 4.69) is 5.32 Å². The summed E-state index contributed by atoms with van der Waals surface area (Å²) in [4.78, 5) is 28.4. The van der Waals surface area contributed by atoms with E-state index in [1.807, 2.05) is 76.2 Å². The van der Waals surface area contributed by atoms with Gasteiger partial charge < -0.3 is 15.0 Å². The third-order valence-electron chi connectivity index (χ3n) is 5.94. The number of aryl methyl sites for hydroxylation is 2. The second-order valence-corrected chi connectivity index (χ2v) is 9.52. The lowest BCUT2D eigenvalue weighted by Crippen LogP contribution is -2.52. The second kappa shape index (κ2) is 12.9. The second-order valence-electron chi connectivity index (χ2n) is 9.52. The fourth-order valence-corrected chi connectivity index (χ4v) is 3.97. The summed E-state index contributed by atoms with van der Waals surface area (Å²) < 4.78 is 20.5. The molecular formula is C30H35FN2O3. The maximum Gasteiger partial charge on any atom is 0.261 e. The van der Waals surface area contributed by atoms with Gasteiger partial charge in [-0.25, -0.2) is 4.39 Å². The van der Waals surface area contributed by atoms with E-state index in [0.717, 1.165) is 16.7 Å². The van der Waals surface area contributed by atoms with Crippen LogP contribution in [0, 0.1) is 25.6 Å². The maximum atomic E-state index is 14.6. The van der Waals surface area contributed by atoms with Gasteiger partial charge >= 0.3 is 0 Å². The SMILES string of the molecule is Cc1ccc(OCC(=O)N(Cc2ccccc2F)[C@@H](Cc2ccccc2)C(=O)NCC(C)C)c(C)c1. The van der Waals surface area contributed by atoms with Crippen LogP contribution in [0.3, 0.4) is 0 Å². The molecule has 3 aromatic carbocycles. The summed E-state index contributed by atoms with van der Waals surface area (Å²) in [6.07, 6.45) is 0.300.